The van der Waals surface area contributed by atoms with E-state index in [0.717, 1.165) is 16.4 Å². The van der Waals surface area contributed by atoms with Gasteiger partial charge in [0.15, 0.2) is 5.65 Å². The summed E-state index contributed by atoms with van der Waals surface area (Å²) in [4.78, 5) is 37.8. The molecular formula is C22H23FN6O3. The summed E-state index contributed by atoms with van der Waals surface area (Å²) in [6, 6.07) is 10.1. The topological polar surface area (TPSA) is 109 Å². The number of fused-ring (bicyclic) bond motifs is 1. The molecular weight excluding hydrogens is 415 g/mol. The molecule has 0 radical (unpaired) electrons. The van der Waals surface area contributed by atoms with Crippen molar-refractivity contribution in [1.29, 1.82) is 0 Å². The quantitative estimate of drug-likeness (QED) is 0.391. The van der Waals surface area contributed by atoms with Gasteiger partial charge in [0.05, 0.1) is 6.54 Å². The van der Waals surface area contributed by atoms with Crippen molar-refractivity contribution in [3.05, 3.63) is 65.9 Å². The largest absolute Gasteiger partial charge is 0.356 e. The summed E-state index contributed by atoms with van der Waals surface area (Å²) in [5.41, 5.74) is 1.30. The Morgan fingerprint density at radius 2 is 2.03 bits per heavy atom. The molecule has 166 valence electrons. The smallest absolute Gasteiger partial charge is 0.325 e. The zero-order valence-electron chi connectivity index (χ0n) is 17.3. The third kappa shape index (κ3) is 4.90. The van der Waals surface area contributed by atoms with Crippen molar-refractivity contribution in [3.63, 3.8) is 0 Å². The highest BCUT2D eigenvalue weighted by molar-refractivity contribution is 6.04. The maximum absolute atomic E-state index is 13.3. The number of carbonyl (C=O) groups excluding carboxylic acids is 3. The Morgan fingerprint density at radius 3 is 2.88 bits per heavy atom. The second-order valence-electron chi connectivity index (χ2n) is 7.59. The summed E-state index contributed by atoms with van der Waals surface area (Å²) < 4.78 is 15.3. The molecule has 1 aromatic carbocycles. The maximum atomic E-state index is 13.3. The predicted octanol–water partition coefficient (Wildman–Crippen LogP) is 1.82. The summed E-state index contributed by atoms with van der Waals surface area (Å²) in [6.45, 7) is 0.458. The van der Waals surface area contributed by atoms with Crippen molar-refractivity contribution >= 4 is 23.5 Å². The van der Waals surface area contributed by atoms with Crippen LogP contribution in [0.2, 0.25) is 0 Å². The van der Waals surface area contributed by atoms with Crippen LogP contribution in [0.1, 0.15) is 30.7 Å². The number of hydrogen-bond donors (Lipinski definition) is 2. The highest BCUT2D eigenvalue weighted by atomic mass is 19.1. The van der Waals surface area contributed by atoms with Crippen molar-refractivity contribution in [1.82, 2.24) is 30.1 Å². The van der Waals surface area contributed by atoms with Crippen LogP contribution in [0.15, 0.2) is 48.7 Å². The number of rotatable bonds is 9. The van der Waals surface area contributed by atoms with E-state index in [9.17, 15) is 18.8 Å². The van der Waals surface area contributed by atoms with E-state index >= 15 is 0 Å². The maximum Gasteiger partial charge on any atom is 0.325 e. The second kappa shape index (κ2) is 9.54. The highest BCUT2D eigenvalue weighted by Crippen LogP contribution is 2.16. The van der Waals surface area contributed by atoms with E-state index in [1.54, 1.807) is 6.07 Å². The van der Waals surface area contributed by atoms with Gasteiger partial charge in [0.2, 0.25) is 5.91 Å². The number of hydrogen-bond acceptors (Lipinski definition) is 5. The fraction of sp³-hybridized carbons (Fsp3) is 0.318. The minimum absolute atomic E-state index is 0.0115. The van der Waals surface area contributed by atoms with Gasteiger partial charge in [-0.1, -0.05) is 18.2 Å². The molecule has 32 heavy (non-hydrogen) atoms. The van der Waals surface area contributed by atoms with Gasteiger partial charge in [0.25, 0.3) is 5.91 Å². The van der Waals surface area contributed by atoms with Crippen LogP contribution in [0.25, 0.3) is 5.65 Å². The van der Waals surface area contributed by atoms with Crippen LogP contribution in [0.3, 0.4) is 0 Å². The average molecular weight is 438 g/mol. The molecule has 3 heterocycles. The van der Waals surface area contributed by atoms with Crippen molar-refractivity contribution in [3.8, 4) is 0 Å². The molecule has 1 saturated heterocycles. The number of nitrogens with zero attached hydrogens (tertiary/aromatic N) is 4. The predicted molar refractivity (Wildman–Crippen MR) is 113 cm³/mol. The number of pyridine rings is 1. The van der Waals surface area contributed by atoms with Crippen LogP contribution in [-0.4, -0.2) is 49.9 Å². The van der Waals surface area contributed by atoms with Crippen LogP contribution < -0.4 is 10.6 Å². The Morgan fingerprint density at radius 1 is 1.16 bits per heavy atom. The van der Waals surface area contributed by atoms with E-state index in [1.165, 1.54) is 18.2 Å². The highest BCUT2D eigenvalue weighted by Gasteiger charge is 2.37. The number of halogens is 1. The molecule has 0 spiro atoms. The number of imide groups is 1. The molecule has 1 atom stereocenters. The van der Waals surface area contributed by atoms with Crippen molar-refractivity contribution in [2.24, 2.45) is 0 Å². The first kappa shape index (κ1) is 21.4. The molecule has 0 unspecified atom stereocenters. The minimum atomic E-state index is -0.760. The summed E-state index contributed by atoms with van der Waals surface area (Å²) in [5, 5.41) is 13.7. The molecule has 9 nitrogen and oxygen atoms in total. The molecule has 2 aromatic heterocycles. The van der Waals surface area contributed by atoms with Crippen LogP contribution in [0.5, 0.6) is 0 Å². The standard InChI is InChI=1S/C22H23FN6O3/c23-16-6-3-5-15(13-16)14-29-21(31)17(25-22(29)32)9-10-20(30)24-11-4-8-19-27-26-18-7-1-2-12-28(18)19/h1-3,5-7,12-13,17H,4,8-11,14H2,(H,24,30)(H,25,32)/t17-/m0/s1. The number of carbonyl (C=O) groups is 3. The lowest BCUT2D eigenvalue weighted by Gasteiger charge is -2.13. The third-order valence-corrected chi connectivity index (χ3v) is 5.28. The Hall–Kier alpha value is -3.82. The van der Waals surface area contributed by atoms with E-state index in [-0.39, 0.29) is 25.3 Å². The normalized spacial score (nSPS) is 15.9. The van der Waals surface area contributed by atoms with Gasteiger partial charge in [0, 0.05) is 25.6 Å². The summed E-state index contributed by atoms with van der Waals surface area (Å²) in [6.07, 6.45) is 3.57. The van der Waals surface area contributed by atoms with Crippen molar-refractivity contribution < 1.29 is 18.8 Å². The molecule has 0 aliphatic carbocycles. The first-order chi connectivity index (χ1) is 15.5. The zero-order chi connectivity index (χ0) is 22.5. The fourth-order valence-electron chi connectivity index (χ4n) is 3.64. The molecule has 2 N–H and O–H groups in total. The zero-order valence-corrected chi connectivity index (χ0v) is 17.3. The average Bonchev–Trinajstić information content (AvgIpc) is 3.31. The van der Waals surface area contributed by atoms with Gasteiger partial charge in [-0.05, 0) is 42.7 Å². The Kier molecular flexibility index (Phi) is 6.39. The van der Waals surface area contributed by atoms with Gasteiger partial charge in [0.1, 0.15) is 17.7 Å². The van der Waals surface area contributed by atoms with Crippen LogP contribution >= 0.6 is 0 Å². The Labute approximate surface area is 183 Å². The van der Waals surface area contributed by atoms with Gasteiger partial charge >= 0.3 is 6.03 Å². The molecule has 1 aliphatic rings. The monoisotopic (exact) mass is 438 g/mol. The number of amides is 4. The summed E-state index contributed by atoms with van der Waals surface area (Å²) in [7, 11) is 0. The molecule has 10 heteroatoms. The minimum Gasteiger partial charge on any atom is -0.356 e. The van der Waals surface area contributed by atoms with Crippen LogP contribution in [0, 0.1) is 5.82 Å². The number of aromatic nitrogens is 3. The molecule has 3 aromatic rings. The SMILES string of the molecule is O=C(CC[C@@H]1NC(=O)N(Cc2cccc(F)c2)C1=O)NCCCc1nnc2ccccn12. The van der Waals surface area contributed by atoms with E-state index in [0.29, 0.717) is 24.9 Å². The van der Waals surface area contributed by atoms with E-state index in [2.05, 4.69) is 20.8 Å². The third-order valence-electron chi connectivity index (χ3n) is 5.28. The fourth-order valence-corrected chi connectivity index (χ4v) is 3.64. The van der Waals surface area contributed by atoms with E-state index < -0.39 is 23.8 Å². The lowest BCUT2D eigenvalue weighted by Crippen LogP contribution is -2.32. The summed E-state index contributed by atoms with van der Waals surface area (Å²) in [5.74, 6) is -0.208. The van der Waals surface area contributed by atoms with Gasteiger partial charge in [-0.25, -0.2) is 9.18 Å². The Balaban J connectivity index is 1.19. The first-order valence-corrected chi connectivity index (χ1v) is 10.4. The van der Waals surface area contributed by atoms with Gasteiger partial charge < -0.3 is 10.6 Å². The van der Waals surface area contributed by atoms with Crippen molar-refractivity contribution in [2.45, 2.75) is 38.3 Å². The van der Waals surface area contributed by atoms with Crippen LogP contribution in [0.4, 0.5) is 9.18 Å². The Bertz CT molecular complexity index is 1150. The number of urea groups is 1. The molecule has 0 saturated carbocycles. The van der Waals surface area contributed by atoms with E-state index in [4.69, 9.17) is 0 Å². The lowest BCUT2D eigenvalue weighted by molar-refractivity contribution is -0.128. The first-order valence-electron chi connectivity index (χ1n) is 10.4. The lowest BCUT2D eigenvalue weighted by atomic mass is 10.1. The van der Waals surface area contributed by atoms with Gasteiger partial charge in [-0.2, -0.15) is 0 Å². The van der Waals surface area contributed by atoms with Gasteiger partial charge in [-0.15, -0.1) is 10.2 Å². The number of aryl methyl sites for hydroxylation is 1. The van der Waals surface area contributed by atoms with E-state index in [1.807, 2.05) is 28.8 Å². The molecule has 1 fully saturated rings. The number of benzene rings is 1. The molecule has 4 amide bonds. The molecule has 1 aliphatic heterocycles. The molecule has 4 rings (SSSR count). The second-order valence-corrected chi connectivity index (χ2v) is 7.59. The summed E-state index contributed by atoms with van der Waals surface area (Å²) >= 11 is 0. The van der Waals surface area contributed by atoms with Gasteiger partial charge in [-0.3, -0.25) is 18.9 Å². The molecule has 0 bridgehead atoms. The van der Waals surface area contributed by atoms with Crippen LogP contribution in [-0.2, 0) is 22.6 Å². The number of nitrogens with one attached hydrogen (secondary N) is 2. The van der Waals surface area contributed by atoms with Crippen molar-refractivity contribution in [2.75, 3.05) is 6.54 Å².